The number of fused-ring (bicyclic) bond motifs is 1. The third-order valence-electron chi connectivity index (χ3n) is 6.93. The van der Waals surface area contributed by atoms with E-state index in [4.69, 9.17) is 21.9 Å². The summed E-state index contributed by atoms with van der Waals surface area (Å²) in [6, 6.07) is 14.4. The molecule has 3 aromatic rings. The van der Waals surface area contributed by atoms with E-state index < -0.39 is 0 Å². The van der Waals surface area contributed by atoms with Gasteiger partial charge in [-0.3, -0.25) is 18.9 Å². The fourth-order valence-corrected chi connectivity index (χ4v) is 6.21. The molecule has 2 aliphatic heterocycles. The van der Waals surface area contributed by atoms with Crippen LogP contribution in [0.15, 0.2) is 58.4 Å². The Morgan fingerprint density at radius 1 is 1.14 bits per heavy atom. The molecule has 2 fully saturated rings. The molecule has 0 atom stereocenters. The topological polar surface area (TPSA) is 67.2 Å². The summed E-state index contributed by atoms with van der Waals surface area (Å²) in [5.74, 6) is 1.02. The first kappa shape index (κ1) is 25.6. The van der Waals surface area contributed by atoms with Crippen LogP contribution in [-0.2, 0) is 16.0 Å². The van der Waals surface area contributed by atoms with Crippen LogP contribution in [0.2, 0.25) is 0 Å². The molecule has 0 unspecified atom stereocenters. The molecule has 37 heavy (non-hydrogen) atoms. The van der Waals surface area contributed by atoms with Gasteiger partial charge < -0.3 is 9.64 Å². The van der Waals surface area contributed by atoms with Crippen molar-refractivity contribution in [1.82, 2.24) is 14.3 Å². The van der Waals surface area contributed by atoms with Crippen LogP contribution in [0.3, 0.4) is 0 Å². The highest BCUT2D eigenvalue weighted by Gasteiger charge is 2.33. The predicted octanol–water partition coefficient (Wildman–Crippen LogP) is 4.31. The average molecular weight is 535 g/mol. The monoisotopic (exact) mass is 534 g/mol. The second-order valence-electron chi connectivity index (χ2n) is 9.54. The Morgan fingerprint density at radius 3 is 2.62 bits per heavy atom. The molecular weight excluding hydrogens is 504 g/mol. The minimum absolute atomic E-state index is 0.183. The Balaban J connectivity index is 1.47. The second kappa shape index (κ2) is 11.2. The van der Waals surface area contributed by atoms with Gasteiger partial charge in [-0.15, -0.1) is 0 Å². The van der Waals surface area contributed by atoms with E-state index >= 15 is 0 Å². The summed E-state index contributed by atoms with van der Waals surface area (Å²) in [4.78, 5) is 35.9. The Kier molecular flexibility index (Phi) is 7.73. The van der Waals surface area contributed by atoms with Crippen molar-refractivity contribution in [2.75, 3.05) is 38.3 Å². The number of carbonyl (C=O) groups excluding carboxylic acids is 1. The molecule has 4 heterocycles. The average Bonchev–Trinajstić information content (AvgIpc) is 3.17. The molecule has 1 amide bonds. The van der Waals surface area contributed by atoms with Gasteiger partial charge in [-0.05, 0) is 55.4 Å². The van der Waals surface area contributed by atoms with E-state index in [-0.39, 0.29) is 11.5 Å². The maximum atomic E-state index is 13.7. The molecule has 0 saturated carbocycles. The third-order valence-corrected chi connectivity index (χ3v) is 8.31. The Labute approximate surface area is 226 Å². The molecule has 1 aromatic carbocycles. The van der Waals surface area contributed by atoms with E-state index in [1.54, 1.807) is 23.8 Å². The standard InChI is InChI=1S/C28H30N4O3S2/c1-19-8-9-24-29-25(30-12-10-21(11-13-30)16-20-6-4-3-5-7-20)22(26(33)32(24)18-19)17-23-27(34)31(14-15-35-2)28(36)37-23/h3-9,17-18,21H,10-16H2,1-2H3. The third kappa shape index (κ3) is 5.49. The number of rotatable bonds is 7. The molecule has 0 radical (unpaired) electrons. The molecule has 0 spiro atoms. The molecule has 2 aromatic heterocycles. The maximum Gasteiger partial charge on any atom is 0.267 e. The molecule has 7 nitrogen and oxygen atoms in total. The van der Waals surface area contributed by atoms with Gasteiger partial charge in [0.05, 0.1) is 23.6 Å². The van der Waals surface area contributed by atoms with E-state index in [2.05, 4.69) is 29.2 Å². The summed E-state index contributed by atoms with van der Waals surface area (Å²) in [7, 11) is 1.59. The van der Waals surface area contributed by atoms with Gasteiger partial charge in [0.15, 0.2) is 0 Å². The summed E-state index contributed by atoms with van der Waals surface area (Å²) in [5.41, 5.74) is 3.16. The number of pyridine rings is 1. The fourth-order valence-electron chi connectivity index (χ4n) is 4.92. The summed E-state index contributed by atoms with van der Waals surface area (Å²) < 4.78 is 7.17. The highest BCUT2D eigenvalue weighted by molar-refractivity contribution is 8.26. The zero-order chi connectivity index (χ0) is 25.9. The van der Waals surface area contributed by atoms with Crippen LogP contribution in [0.4, 0.5) is 5.82 Å². The van der Waals surface area contributed by atoms with Crippen LogP contribution >= 0.6 is 24.0 Å². The lowest BCUT2D eigenvalue weighted by Gasteiger charge is -2.33. The lowest BCUT2D eigenvalue weighted by molar-refractivity contribution is -0.122. The molecule has 2 aliphatic rings. The number of anilines is 1. The first-order valence-corrected chi connectivity index (χ1v) is 13.7. The minimum Gasteiger partial charge on any atom is -0.383 e. The number of carbonyl (C=O) groups is 1. The number of nitrogens with zero attached hydrogens (tertiary/aromatic N) is 4. The van der Waals surface area contributed by atoms with Crippen molar-refractivity contribution in [2.24, 2.45) is 5.92 Å². The number of hydrogen-bond donors (Lipinski definition) is 0. The van der Waals surface area contributed by atoms with E-state index in [9.17, 15) is 9.59 Å². The SMILES string of the molecule is COCCN1C(=O)C(=Cc2c(N3CCC(Cc4ccccc4)CC3)nc3ccc(C)cn3c2=O)SC1=S. The highest BCUT2D eigenvalue weighted by Crippen LogP contribution is 2.34. The van der Waals surface area contributed by atoms with Crippen molar-refractivity contribution in [3.05, 3.63) is 80.6 Å². The van der Waals surface area contributed by atoms with Gasteiger partial charge in [-0.1, -0.05) is 60.4 Å². The number of benzene rings is 1. The van der Waals surface area contributed by atoms with E-state index in [0.717, 1.165) is 37.9 Å². The van der Waals surface area contributed by atoms with Crippen LogP contribution in [0.25, 0.3) is 11.7 Å². The molecule has 0 bridgehead atoms. The van der Waals surface area contributed by atoms with Crippen molar-refractivity contribution in [3.8, 4) is 0 Å². The first-order valence-electron chi connectivity index (χ1n) is 12.5. The first-order chi connectivity index (χ1) is 17.9. The lowest BCUT2D eigenvalue weighted by Crippen LogP contribution is -2.37. The Bertz CT molecular complexity index is 1410. The van der Waals surface area contributed by atoms with Crippen LogP contribution in [0.5, 0.6) is 0 Å². The maximum absolute atomic E-state index is 13.7. The number of amides is 1. The second-order valence-corrected chi connectivity index (χ2v) is 11.2. The zero-order valence-electron chi connectivity index (χ0n) is 21.1. The Morgan fingerprint density at radius 2 is 1.89 bits per heavy atom. The van der Waals surface area contributed by atoms with Crippen LogP contribution in [-0.4, -0.2) is 57.9 Å². The fraction of sp³-hybridized carbons (Fsp3) is 0.357. The van der Waals surface area contributed by atoms with E-state index in [0.29, 0.717) is 45.3 Å². The number of thiocarbonyl (C=S) groups is 1. The van der Waals surface area contributed by atoms with Gasteiger partial charge in [0.25, 0.3) is 11.5 Å². The molecule has 192 valence electrons. The van der Waals surface area contributed by atoms with Crippen molar-refractivity contribution >= 4 is 51.7 Å². The summed E-state index contributed by atoms with van der Waals surface area (Å²) in [6.45, 7) is 4.33. The van der Waals surface area contributed by atoms with Crippen molar-refractivity contribution in [2.45, 2.75) is 26.2 Å². The molecule has 5 rings (SSSR count). The molecule has 0 N–H and O–H groups in total. The Hall–Kier alpha value is -3.01. The van der Waals surface area contributed by atoms with Gasteiger partial charge in [0, 0.05) is 26.4 Å². The summed E-state index contributed by atoms with van der Waals surface area (Å²) >= 11 is 6.66. The number of methoxy groups -OCH3 is 1. The number of piperidine rings is 1. The summed E-state index contributed by atoms with van der Waals surface area (Å²) in [6.07, 6.45) is 6.56. The van der Waals surface area contributed by atoms with Gasteiger partial charge in [0.1, 0.15) is 15.8 Å². The quantitative estimate of drug-likeness (QED) is 0.331. The van der Waals surface area contributed by atoms with Gasteiger partial charge in [-0.2, -0.15) is 0 Å². The molecule has 0 aliphatic carbocycles. The normalized spacial score (nSPS) is 17.9. The van der Waals surface area contributed by atoms with E-state index in [1.165, 1.54) is 22.2 Å². The largest absolute Gasteiger partial charge is 0.383 e. The van der Waals surface area contributed by atoms with Crippen LogP contribution < -0.4 is 10.5 Å². The lowest BCUT2D eigenvalue weighted by atomic mass is 9.90. The minimum atomic E-state index is -0.201. The van der Waals surface area contributed by atoms with Crippen molar-refractivity contribution in [3.63, 3.8) is 0 Å². The molecular formula is C28H30N4O3S2. The van der Waals surface area contributed by atoms with Crippen LogP contribution in [0.1, 0.15) is 29.5 Å². The molecule has 9 heteroatoms. The van der Waals surface area contributed by atoms with Gasteiger partial charge in [0.2, 0.25) is 0 Å². The van der Waals surface area contributed by atoms with Crippen molar-refractivity contribution in [1.29, 1.82) is 0 Å². The highest BCUT2D eigenvalue weighted by atomic mass is 32.2. The number of ether oxygens (including phenoxy) is 1. The zero-order valence-corrected chi connectivity index (χ0v) is 22.7. The molecule has 2 saturated heterocycles. The number of hydrogen-bond acceptors (Lipinski definition) is 7. The van der Waals surface area contributed by atoms with Crippen LogP contribution in [0, 0.1) is 12.8 Å². The van der Waals surface area contributed by atoms with Gasteiger partial charge >= 0.3 is 0 Å². The predicted molar refractivity (Wildman–Crippen MR) is 153 cm³/mol. The number of aromatic nitrogens is 2. The smallest absolute Gasteiger partial charge is 0.267 e. The van der Waals surface area contributed by atoms with Crippen molar-refractivity contribution < 1.29 is 9.53 Å². The van der Waals surface area contributed by atoms with E-state index in [1.807, 2.05) is 25.1 Å². The number of thioether (sulfide) groups is 1. The summed E-state index contributed by atoms with van der Waals surface area (Å²) in [5, 5.41) is 0. The number of aryl methyl sites for hydroxylation is 1. The van der Waals surface area contributed by atoms with Gasteiger partial charge in [-0.25, -0.2) is 4.98 Å².